The van der Waals surface area contributed by atoms with E-state index in [-0.39, 0.29) is 0 Å². The van der Waals surface area contributed by atoms with E-state index in [1.807, 2.05) is 0 Å². The Morgan fingerprint density at radius 2 is 1.44 bits per heavy atom. The van der Waals surface area contributed by atoms with Crippen LogP contribution in [0.2, 0.25) is 0 Å². The normalized spacial score (nSPS) is 14.2. The highest BCUT2D eigenvalue weighted by Crippen LogP contribution is 2.13. The van der Waals surface area contributed by atoms with Crippen molar-refractivity contribution in [2.24, 2.45) is 17.6 Å². The van der Waals surface area contributed by atoms with Crippen LogP contribution in [-0.2, 0) is 0 Å². The first-order chi connectivity index (χ1) is 7.43. The van der Waals surface area contributed by atoms with Crippen LogP contribution in [0.5, 0.6) is 0 Å². The van der Waals surface area contributed by atoms with Crippen LogP contribution >= 0.6 is 0 Å². The molecule has 2 atom stereocenters. The molecular weight excluding hydrogens is 194 g/mol. The van der Waals surface area contributed by atoms with E-state index < -0.39 is 0 Å². The molecule has 0 rings (SSSR count). The van der Waals surface area contributed by atoms with Crippen molar-refractivity contribution in [1.29, 1.82) is 0 Å². The summed E-state index contributed by atoms with van der Waals surface area (Å²) in [5, 5.41) is 0. The molecule has 100 valence electrons. The van der Waals surface area contributed by atoms with Crippen LogP contribution in [0.4, 0.5) is 0 Å². The molecule has 0 aliphatic rings. The summed E-state index contributed by atoms with van der Waals surface area (Å²) in [6, 6.07) is 0.381. The molecule has 0 aromatic rings. The smallest absolute Gasteiger partial charge is 0.00130 e. The van der Waals surface area contributed by atoms with Crippen molar-refractivity contribution >= 4 is 0 Å². The van der Waals surface area contributed by atoms with Gasteiger partial charge in [0.15, 0.2) is 0 Å². The van der Waals surface area contributed by atoms with Gasteiger partial charge in [-0.3, -0.25) is 0 Å². The first-order valence-electron chi connectivity index (χ1n) is 7.19. The Morgan fingerprint density at radius 3 is 1.75 bits per heavy atom. The average Bonchev–Trinajstić information content (AvgIpc) is 2.18. The second-order valence-corrected chi connectivity index (χ2v) is 5.62. The molecule has 0 radical (unpaired) electrons. The van der Waals surface area contributed by atoms with Gasteiger partial charge in [0, 0.05) is 6.04 Å². The van der Waals surface area contributed by atoms with E-state index in [0.29, 0.717) is 6.04 Å². The van der Waals surface area contributed by atoms with Gasteiger partial charge >= 0.3 is 0 Å². The summed E-state index contributed by atoms with van der Waals surface area (Å²) in [4.78, 5) is 0. The molecule has 0 amide bonds. The van der Waals surface area contributed by atoms with Gasteiger partial charge in [-0.2, -0.15) is 0 Å². The quantitative estimate of drug-likeness (QED) is 0.611. The third-order valence-electron chi connectivity index (χ3n) is 2.89. The van der Waals surface area contributed by atoms with Gasteiger partial charge in [-0.15, -0.1) is 0 Å². The summed E-state index contributed by atoms with van der Waals surface area (Å²) in [6.45, 7) is 13.3. The number of nitrogens with two attached hydrogens (primary N) is 1. The van der Waals surface area contributed by atoms with E-state index in [1.165, 1.54) is 38.5 Å². The predicted octanol–water partition coefficient (Wildman–Crippen LogP) is 4.99. The van der Waals surface area contributed by atoms with Crippen LogP contribution in [0, 0.1) is 11.8 Å². The first-order valence-corrected chi connectivity index (χ1v) is 7.19. The van der Waals surface area contributed by atoms with Crippen LogP contribution < -0.4 is 5.73 Å². The second kappa shape index (κ2) is 13.0. The lowest BCUT2D eigenvalue weighted by atomic mass is 9.97. The van der Waals surface area contributed by atoms with E-state index in [0.717, 1.165) is 11.8 Å². The molecule has 0 aromatic carbocycles. The average molecular weight is 229 g/mol. The maximum atomic E-state index is 5.70. The molecular formula is C15H35N. The van der Waals surface area contributed by atoms with Crippen LogP contribution in [0.3, 0.4) is 0 Å². The second-order valence-electron chi connectivity index (χ2n) is 5.62. The molecule has 1 nitrogen and oxygen atoms in total. The maximum Gasteiger partial charge on any atom is 0.00130 e. The Hall–Kier alpha value is -0.0400. The predicted molar refractivity (Wildman–Crippen MR) is 76.7 cm³/mol. The Labute approximate surface area is 104 Å². The number of rotatable bonds is 7. The molecule has 0 fully saturated rings. The topological polar surface area (TPSA) is 26.0 Å². The molecule has 2 N–H and O–H groups in total. The summed E-state index contributed by atoms with van der Waals surface area (Å²) in [5.41, 5.74) is 5.70. The van der Waals surface area contributed by atoms with Crippen LogP contribution in [0.25, 0.3) is 0 Å². The van der Waals surface area contributed by atoms with Gasteiger partial charge < -0.3 is 5.73 Å². The SMILES string of the molecule is CCC(C)C.CCCCCC(C)CC(C)N. The molecule has 0 saturated heterocycles. The summed E-state index contributed by atoms with van der Waals surface area (Å²) in [7, 11) is 0. The summed E-state index contributed by atoms with van der Waals surface area (Å²) in [5.74, 6) is 1.71. The zero-order valence-electron chi connectivity index (χ0n) is 12.6. The van der Waals surface area contributed by atoms with E-state index in [9.17, 15) is 0 Å². The molecule has 0 aliphatic carbocycles. The lowest BCUT2D eigenvalue weighted by molar-refractivity contribution is 0.432. The van der Waals surface area contributed by atoms with Crippen LogP contribution in [0.1, 0.15) is 80.1 Å². The minimum Gasteiger partial charge on any atom is -0.328 e. The van der Waals surface area contributed by atoms with Crippen molar-refractivity contribution < 1.29 is 0 Å². The van der Waals surface area contributed by atoms with Gasteiger partial charge in [0.05, 0.1) is 0 Å². The Morgan fingerprint density at radius 1 is 0.938 bits per heavy atom. The summed E-state index contributed by atoms with van der Waals surface area (Å²) < 4.78 is 0. The zero-order valence-corrected chi connectivity index (χ0v) is 12.6. The van der Waals surface area contributed by atoms with Crippen molar-refractivity contribution in [3.63, 3.8) is 0 Å². The number of hydrogen-bond acceptors (Lipinski definition) is 1. The molecule has 2 unspecified atom stereocenters. The Bertz CT molecular complexity index is 119. The van der Waals surface area contributed by atoms with E-state index in [1.54, 1.807) is 0 Å². The van der Waals surface area contributed by atoms with Crippen LogP contribution in [0.15, 0.2) is 0 Å². The number of hydrogen-bond donors (Lipinski definition) is 1. The Kier molecular flexibility index (Phi) is 14.9. The van der Waals surface area contributed by atoms with Crippen molar-refractivity contribution in [2.75, 3.05) is 0 Å². The van der Waals surface area contributed by atoms with Crippen molar-refractivity contribution in [2.45, 2.75) is 86.1 Å². The van der Waals surface area contributed by atoms with Gasteiger partial charge in [0.1, 0.15) is 0 Å². The van der Waals surface area contributed by atoms with E-state index >= 15 is 0 Å². The molecule has 16 heavy (non-hydrogen) atoms. The maximum absolute atomic E-state index is 5.70. The largest absolute Gasteiger partial charge is 0.328 e. The molecule has 0 aliphatic heterocycles. The van der Waals surface area contributed by atoms with Gasteiger partial charge in [0.25, 0.3) is 0 Å². The lowest BCUT2D eigenvalue weighted by Crippen LogP contribution is -2.18. The fourth-order valence-electron chi connectivity index (χ4n) is 1.50. The standard InChI is InChI=1S/C10H23N.C5H12/c1-4-5-6-7-9(2)8-10(3)11;1-4-5(2)3/h9-10H,4-8,11H2,1-3H3;5H,4H2,1-3H3. The summed E-state index contributed by atoms with van der Waals surface area (Å²) in [6.07, 6.45) is 7.93. The first kappa shape index (κ1) is 18.3. The minimum atomic E-state index is 0.381. The third kappa shape index (κ3) is 19.5. The molecule has 0 heterocycles. The van der Waals surface area contributed by atoms with Gasteiger partial charge in [0.2, 0.25) is 0 Å². The minimum absolute atomic E-state index is 0.381. The van der Waals surface area contributed by atoms with Crippen molar-refractivity contribution in [3.8, 4) is 0 Å². The lowest BCUT2D eigenvalue weighted by Gasteiger charge is -2.12. The molecule has 0 spiro atoms. The van der Waals surface area contributed by atoms with Gasteiger partial charge in [-0.25, -0.2) is 0 Å². The molecule has 0 bridgehead atoms. The van der Waals surface area contributed by atoms with Gasteiger partial charge in [-0.05, 0) is 25.2 Å². The van der Waals surface area contributed by atoms with Crippen molar-refractivity contribution in [3.05, 3.63) is 0 Å². The summed E-state index contributed by atoms with van der Waals surface area (Å²) >= 11 is 0. The van der Waals surface area contributed by atoms with E-state index in [2.05, 4.69) is 41.5 Å². The molecule has 0 saturated carbocycles. The fourth-order valence-corrected chi connectivity index (χ4v) is 1.50. The highest BCUT2D eigenvalue weighted by atomic mass is 14.6. The Balaban J connectivity index is 0. The molecule has 1 heteroatoms. The van der Waals surface area contributed by atoms with Gasteiger partial charge in [-0.1, -0.05) is 66.7 Å². The highest BCUT2D eigenvalue weighted by Gasteiger charge is 2.03. The molecule has 0 aromatic heterocycles. The highest BCUT2D eigenvalue weighted by molar-refractivity contribution is 4.60. The fraction of sp³-hybridized carbons (Fsp3) is 1.00. The number of unbranched alkanes of at least 4 members (excludes halogenated alkanes) is 2. The van der Waals surface area contributed by atoms with E-state index in [4.69, 9.17) is 5.73 Å². The monoisotopic (exact) mass is 229 g/mol. The van der Waals surface area contributed by atoms with Crippen LogP contribution in [-0.4, -0.2) is 6.04 Å². The zero-order chi connectivity index (χ0) is 13.0. The third-order valence-corrected chi connectivity index (χ3v) is 2.89. The van der Waals surface area contributed by atoms with Crippen molar-refractivity contribution in [1.82, 2.24) is 0 Å².